The third kappa shape index (κ3) is 3.01. The number of hydrogen-bond acceptors (Lipinski definition) is 0. The van der Waals surface area contributed by atoms with Crippen molar-refractivity contribution in [1.82, 2.24) is 0 Å². The summed E-state index contributed by atoms with van der Waals surface area (Å²) in [6, 6.07) is 0. The van der Waals surface area contributed by atoms with Crippen LogP contribution in [0, 0.1) is 0 Å². The van der Waals surface area contributed by atoms with E-state index in [1.807, 2.05) is 0 Å². The second kappa shape index (κ2) is 3.72. The molecule has 0 aromatic heterocycles. The van der Waals surface area contributed by atoms with Gasteiger partial charge in [0.2, 0.25) is 0 Å². The van der Waals surface area contributed by atoms with Crippen LogP contribution in [0.5, 0.6) is 0 Å². The molecule has 60 valence electrons. The molecule has 0 aliphatic heterocycles. The topological polar surface area (TPSA) is 0 Å². The zero-order valence-electron chi connectivity index (χ0n) is 7.03. The molecule has 0 aromatic rings. The van der Waals surface area contributed by atoms with Crippen LogP contribution in [-0.2, 0) is 0 Å². The molecule has 0 N–H and O–H groups in total. The van der Waals surface area contributed by atoms with E-state index in [-0.39, 0.29) is 0 Å². The van der Waals surface area contributed by atoms with Crippen LogP contribution in [0.2, 0.25) is 0 Å². The van der Waals surface area contributed by atoms with Crippen LogP contribution in [0.25, 0.3) is 0 Å². The van der Waals surface area contributed by atoms with Gasteiger partial charge in [-0.3, -0.25) is 0 Å². The standard InChI is InChI=1S/C9H19P/c1-2-3-4-5-6-9(10)7-8-9/h2-8,10H2,1H3. The van der Waals surface area contributed by atoms with Gasteiger partial charge in [0, 0.05) is 0 Å². The van der Waals surface area contributed by atoms with Crippen LogP contribution in [0.1, 0.15) is 51.9 Å². The van der Waals surface area contributed by atoms with Crippen molar-refractivity contribution >= 4 is 9.24 Å². The molecule has 10 heavy (non-hydrogen) atoms. The molecule has 1 aliphatic rings. The summed E-state index contributed by atoms with van der Waals surface area (Å²) < 4.78 is 0. The van der Waals surface area contributed by atoms with Crippen molar-refractivity contribution in [2.75, 3.05) is 0 Å². The lowest BCUT2D eigenvalue weighted by molar-refractivity contribution is 0.615. The lowest BCUT2D eigenvalue weighted by atomic mass is 10.1. The number of unbranched alkanes of at least 4 members (excludes halogenated alkanes) is 3. The van der Waals surface area contributed by atoms with E-state index >= 15 is 0 Å². The summed E-state index contributed by atoms with van der Waals surface area (Å²) in [5.74, 6) is 0. The van der Waals surface area contributed by atoms with E-state index in [2.05, 4.69) is 16.2 Å². The fourth-order valence-electron chi connectivity index (χ4n) is 1.31. The monoisotopic (exact) mass is 158 g/mol. The van der Waals surface area contributed by atoms with Gasteiger partial charge in [-0.15, -0.1) is 9.24 Å². The molecular weight excluding hydrogens is 139 g/mol. The van der Waals surface area contributed by atoms with Crippen molar-refractivity contribution in [1.29, 1.82) is 0 Å². The molecule has 0 saturated heterocycles. The van der Waals surface area contributed by atoms with Gasteiger partial charge in [0.1, 0.15) is 0 Å². The molecule has 0 heterocycles. The molecule has 1 saturated carbocycles. The van der Waals surface area contributed by atoms with Gasteiger partial charge < -0.3 is 0 Å². The van der Waals surface area contributed by atoms with Crippen molar-refractivity contribution in [3.8, 4) is 0 Å². The Morgan fingerprint density at radius 1 is 1.20 bits per heavy atom. The maximum Gasteiger partial charge on any atom is -0.0149 e. The lowest BCUT2D eigenvalue weighted by Gasteiger charge is -2.05. The second-order valence-corrected chi connectivity index (χ2v) is 4.90. The molecule has 0 bridgehead atoms. The van der Waals surface area contributed by atoms with Crippen LogP contribution >= 0.6 is 9.24 Å². The third-order valence-corrected chi connectivity index (χ3v) is 3.29. The average molecular weight is 158 g/mol. The molecule has 0 nitrogen and oxygen atoms in total. The molecule has 1 heteroatoms. The molecule has 1 fully saturated rings. The minimum atomic E-state index is 0.716. The first kappa shape index (κ1) is 8.53. The SMILES string of the molecule is CCCCCCC1(P)CC1. The van der Waals surface area contributed by atoms with Crippen LogP contribution < -0.4 is 0 Å². The molecule has 0 amide bonds. The smallest absolute Gasteiger partial charge is 0.0149 e. The Morgan fingerprint density at radius 2 is 1.90 bits per heavy atom. The highest BCUT2D eigenvalue weighted by Crippen LogP contribution is 2.48. The second-order valence-electron chi connectivity index (χ2n) is 3.67. The molecule has 0 aromatic carbocycles. The Hall–Kier alpha value is 0.430. The van der Waals surface area contributed by atoms with E-state index < -0.39 is 0 Å². The predicted octanol–water partition coefficient (Wildman–Crippen LogP) is 3.36. The van der Waals surface area contributed by atoms with Gasteiger partial charge in [-0.25, -0.2) is 0 Å². The van der Waals surface area contributed by atoms with Gasteiger partial charge in [-0.2, -0.15) is 0 Å². The van der Waals surface area contributed by atoms with Crippen LogP contribution in [0.15, 0.2) is 0 Å². The summed E-state index contributed by atoms with van der Waals surface area (Å²) in [7, 11) is 3.01. The Morgan fingerprint density at radius 3 is 2.40 bits per heavy atom. The largest absolute Gasteiger partial charge is 0.131 e. The molecule has 1 aliphatic carbocycles. The van der Waals surface area contributed by atoms with Crippen molar-refractivity contribution < 1.29 is 0 Å². The summed E-state index contributed by atoms with van der Waals surface area (Å²) in [5.41, 5.74) is 0. The molecule has 1 unspecified atom stereocenters. The zero-order chi connectivity index (χ0) is 7.45. The van der Waals surface area contributed by atoms with Crippen LogP contribution in [-0.4, -0.2) is 5.16 Å². The average Bonchev–Trinajstić information content (AvgIpc) is 2.62. The first-order valence-electron chi connectivity index (χ1n) is 4.56. The third-order valence-electron chi connectivity index (χ3n) is 2.42. The summed E-state index contributed by atoms with van der Waals surface area (Å²) in [6.07, 6.45) is 10.1. The lowest BCUT2D eigenvalue weighted by Crippen LogP contribution is -1.94. The zero-order valence-corrected chi connectivity index (χ0v) is 8.18. The van der Waals surface area contributed by atoms with E-state index in [4.69, 9.17) is 0 Å². The quantitative estimate of drug-likeness (QED) is 0.425. The molecule has 1 atom stereocenters. The van der Waals surface area contributed by atoms with Gasteiger partial charge in [0.05, 0.1) is 0 Å². The Labute approximate surface area is 67.0 Å². The Bertz CT molecular complexity index is 94.9. The molecular formula is C9H19P. The number of hydrogen-bond donors (Lipinski definition) is 0. The molecule has 1 rings (SSSR count). The first-order chi connectivity index (χ1) is 4.77. The maximum atomic E-state index is 3.01. The summed E-state index contributed by atoms with van der Waals surface area (Å²) in [6.45, 7) is 2.27. The number of rotatable bonds is 5. The van der Waals surface area contributed by atoms with Gasteiger partial charge in [-0.05, 0) is 24.4 Å². The van der Waals surface area contributed by atoms with E-state index in [9.17, 15) is 0 Å². The van der Waals surface area contributed by atoms with Gasteiger partial charge in [-0.1, -0.05) is 32.6 Å². The first-order valence-corrected chi connectivity index (χ1v) is 5.13. The van der Waals surface area contributed by atoms with E-state index in [0.717, 1.165) is 0 Å². The molecule has 0 radical (unpaired) electrons. The van der Waals surface area contributed by atoms with Crippen LogP contribution in [0.4, 0.5) is 0 Å². The maximum absolute atomic E-state index is 3.01. The van der Waals surface area contributed by atoms with Crippen molar-refractivity contribution in [2.24, 2.45) is 0 Å². The van der Waals surface area contributed by atoms with E-state index in [1.54, 1.807) is 0 Å². The highest BCUT2D eigenvalue weighted by atomic mass is 31.0. The van der Waals surface area contributed by atoms with E-state index in [0.29, 0.717) is 5.16 Å². The van der Waals surface area contributed by atoms with Gasteiger partial charge >= 0.3 is 0 Å². The van der Waals surface area contributed by atoms with Crippen LogP contribution in [0.3, 0.4) is 0 Å². The highest BCUT2D eigenvalue weighted by molar-refractivity contribution is 7.19. The summed E-state index contributed by atoms with van der Waals surface area (Å²) in [4.78, 5) is 0. The van der Waals surface area contributed by atoms with Gasteiger partial charge in [0.25, 0.3) is 0 Å². The molecule has 0 spiro atoms. The van der Waals surface area contributed by atoms with Crippen molar-refractivity contribution in [3.63, 3.8) is 0 Å². The van der Waals surface area contributed by atoms with Crippen molar-refractivity contribution in [2.45, 2.75) is 57.0 Å². The predicted molar refractivity (Wildman–Crippen MR) is 50.4 cm³/mol. The fraction of sp³-hybridized carbons (Fsp3) is 1.00. The minimum Gasteiger partial charge on any atom is -0.131 e. The summed E-state index contributed by atoms with van der Waals surface area (Å²) in [5, 5.41) is 0.716. The Balaban J connectivity index is 1.86. The normalized spacial score (nSPS) is 21.0. The van der Waals surface area contributed by atoms with E-state index in [1.165, 1.54) is 44.9 Å². The fourth-order valence-corrected chi connectivity index (χ4v) is 1.66. The minimum absolute atomic E-state index is 0.716. The van der Waals surface area contributed by atoms with Crippen molar-refractivity contribution in [3.05, 3.63) is 0 Å². The van der Waals surface area contributed by atoms with Gasteiger partial charge in [0.15, 0.2) is 0 Å². The highest BCUT2D eigenvalue weighted by Gasteiger charge is 2.36. The summed E-state index contributed by atoms with van der Waals surface area (Å²) >= 11 is 0. The Kier molecular flexibility index (Phi) is 3.17.